The molecule has 0 radical (unpaired) electrons. The predicted octanol–water partition coefficient (Wildman–Crippen LogP) is 2.73. The van der Waals surface area contributed by atoms with Crippen LogP contribution in [0.2, 0.25) is 0 Å². The summed E-state index contributed by atoms with van der Waals surface area (Å²) in [5.74, 6) is 3.68. The Hall–Kier alpha value is -3.53. The maximum Gasteiger partial charge on any atom is 0.228 e. The van der Waals surface area contributed by atoms with Crippen molar-refractivity contribution >= 4 is 17.5 Å². The molecule has 176 valence electrons. The number of fused-ring (bicyclic) bond motifs is 1. The van der Waals surface area contributed by atoms with Gasteiger partial charge in [-0.05, 0) is 37.0 Å². The van der Waals surface area contributed by atoms with Crippen LogP contribution >= 0.6 is 0 Å². The van der Waals surface area contributed by atoms with Crippen LogP contribution in [-0.2, 0) is 6.54 Å². The van der Waals surface area contributed by atoms with Crippen molar-refractivity contribution in [2.24, 2.45) is 5.92 Å². The van der Waals surface area contributed by atoms with Crippen LogP contribution in [0.4, 0.5) is 11.9 Å². The lowest BCUT2D eigenvalue weighted by Gasteiger charge is -2.34. The summed E-state index contributed by atoms with van der Waals surface area (Å²) >= 11 is 0. The van der Waals surface area contributed by atoms with Gasteiger partial charge in [-0.1, -0.05) is 6.92 Å². The number of aromatic nitrogens is 6. The van der Waals surface area contributed by atoms with Crippen LogP contribution in [0, 0.1) is 5.92 Å². The van der Waals surface area contributed by atoms with Crippen molar-refractivity contribution in [3.8, 4) is 11.6 Å². The summed E-state index contributed by atoms with van der Waals surface area (Å²) in [5.41, 5.74) is 1.92. The summed E-state index contributed by atoms with van der Waals surface area (Å²) in [6, 6.07) is 5.61. The van der Waals surface area contributed by atoms with E-state index >= 15 is 0 Å². The molecule has 10 heteroatoms. The molecule has 10 nitrogen and oxygen atoms in total. The molecule has 0 unspecified atom stereocenters. The van der Waals surface area contributed by atoms with Gasteiger partial charge in [-0.2, -0.15) is 4.52 Å². The molecular weight excluding hydrogens is 430 g/mol. The molecule has 6 rings (SSSR count). The standard InChI is InChI=1S/C24H29N9O/c1-18-5-9-32(10-6-18)24-27-16-19(22-28-21(29-33(22)24)20-4-2-15-34-20)17-30-11-13-31(14-12-30)23-25-7-3-8-26-23/h2-4,7-8,15-16,18H,5-6,9-14,17H2,1H3. The van der Waals surface area contributed by atoms with Crippen molar-refractivity contribution in [2.45, 2.75) is 26.3 Å². The van der Waals surface area contributed by atoms with Gasteiger partial charge in [-0.15, -0.1) is 5.10 Å². The van der Waals surface area contributed by atoms with Crippen LogP contribution in [0.25, 0.3) is 17.2 Å². The first-order chi connectivity index (χ1) is 16.7. The van der Waals surface area contributed by atoms with Gasteiger partial charge < -0.3 is 14.2 Å². The van der Waals surface area contributed by atoms with Crippen molar-refractivity contribution in [1.82, 2.24) is 34.4 Å². The molecule has 2 aliphatic rings. The second kappa shape index (κ2) is 9.02. The maximum atomic E-state index is 5.59. The number of hydrogen-bond donors (Lipinski definition) is 0. The fourth-order valence-corrected chi connectivity index (χ4v) is 4.75. The van der Waals surface area contributed by atoms with Gasteiger partial charge in [0, 0.05) is 70.0 Å². The highest BCUT2D eigenvalue weighted by molar-refractivity contribution is 5.58. The lowest BCUT2D eigenvalue weighted by Crippen LogP contribution is -2.46. The summed E-state index contributed by atoms with van der Waals surface area (Å²) in [7, 11) is 0. The van der Waals surface area contributed by atoms with Crippen LogP contribution in [-0.4, -0.2) is 73.7 Å². The zero-order chi connectivity index (χ0) is 22.9. The summed E-state index contributed by atoms with van der Waals surface area (Å²) in [5, 5.41) is 4.82. The molecule has 0 saturated carbocycles. The normalized spacial score (nSPS) is 18.1. The summed E-state index contributed by atoms with van der Waals surface area (Å²) < 4.78 is 7.51. The first-order valence-electron chi connectivity index (χ1n) is 12.0. The lowest BCUT2D eigenvalue weighted by molar-refractivity contribution is 0.249. The van der Waals surface area contributed by atoms with Crippen LogP contribution < -0.4 is 9.80 Å². The molecule has 0 bridgehead atoms. The van der Waals surface area contributed by atoms with Crippen LogP contribution in [0.1, 0.15) is 25.3 Å². The number of anilines is 2. The topological polar surface area (TPSA) is 91.7 Å². The molecule has 0 aliphatic carbocycles. The molecule has 0 N–H and O–H groups in total. The molecule has 34 heavy (non-hydrogen) atoms. The molecule has 6 heterocycles. The Morgan fingerprint density at radius 3 is 2.47 bits per heavy atom. The first-order valence-corrected chi connectivity index (χ1v) is 12.0. The third kappa shape index (κ3) is 4.09. The molecule has 0 spiro atoms. The Bertz CT molecular complexity index is 1220. The summed E-state index contributed by atoms with van der Waals surface area (Å²) in [6.07, 6.45) is 9.56. The van der Waals surface area contributed by atoms with E-state index in [-0.39, 0.29) is 0 Å². The molecule has 0 amide bonds. The number of furan rings is 1. The Labute approximate surface area is 198 Å². The van der Waals surface area contributed by atoms with Crippen LogP contribution in [0.5, 0.6) is 0 Å². The van der Waals surface area contributed by atoms with E-state index in [2.05, 4.69) is 31.6 Å². The number of piperidine rings is 1. The number of hydrogen-bond acceptors (Lipinski definition) is 9. The van der Waals surface area contributed by atoms with E-state index in [4.69, 9.17) is 19.5 Å². The van der Waals surface area contributed by atoms with Crippen molar-refractivity contribution in [2.75, 3.05) is 49.1 Å². The number of nitrogens with zero attached hydrogens (tertiary/aromatic N) is 9. The molecular formula is C24H29N9O. The fraction of sp³-hybridized carbons (Fsp3) is 0.458. The summed E-state index contributed by atoms with van der Waals surface area (Å²) in [4.78, 5) is 25.5. The Morgan fingerprint density at radius 2 is 1.74 bits per heavy atom. The van der Waals surface area contributed by atoms with E-state index in [1.165, 1.54) is 12.8 Å². The second-order valence-corrected chi connectivity index (χ2v) is 9.21. The van der Waals surface area contributed by atoms with Gasteiger partial charge in [0.1, 0.15) is 0 Å². The average molecular weight is 460 g/mol. The minimum atomic E-state index is 0.594. The van der Waals surface area contributed by atoms with Crippen molar-refractivity contribution < 1.29 is 4.42 Å². The van der Waals surface area contributed by atoms with Gasteiger partial charge in [0.15, 0.2) is 11.4 Å². The minimum Gasteiger partial charge on any atom is -0.461 e. The Kier molecular flexibility index (Phi) is 5.58. The van der Waals surface area contributed by atoms with Crippen molar-refractivity contribution in [1.29, 1.82) is 0 Å². The van der Waals surface area contributed by atoms with Gasteiger partial charge >= 0.3 is 0 Å². The lowest BCUT2D eigenvalue weighted by atomic mass is 10.00. The quantitative estimate of drug-likeness (QED) is 0.447. The molecule has 2 fully saturated rings. The second-order valence-electron chi connectivity index (χ2n) is 9.21. The van der Waals surface area contributed by atoms with E-state index in [0.717, 1.165) is 74.8 Å². The SMILES string of the molecule is CC1CCN(c2ncc(CN3CCN(c4ncccn4)CC3)c3nc(-c4ccco4)nn23)CC1. The summed E-state index contributed by atoms with van der Waals surface area (Å²) in [6.45, 7) is 8.70. The number of rotatable bonds is 5. The first kappa shape index (κ1) is 21.0. The molecule has 4 aromatic rings. The van der Waals surface area contributed by atoms with Gasteiger partial charge in [0.05, 0.1) is 6.26 Å². The predicted molar refractivity (Wildman–Crippen MR) is 129 cm³/mol. The smallest absolute Gasteiger partial charge is 0.228 e. The molecule has 2 aliphatic heterocycles. The van der Waals surface area contributed by atoms with Gasteiger partial charge in [-0.3, -0.25) is 4.90 Å². The Morgan fingerprint density at radius 1 is 0.941 bits per heavy atom. The van der Waals surface area contributed by atoms with Crippen LogP contribution in [0.3, 0.4) is 0 Å². The van der Waals surface area contributed by atoms with E-state index in [1.807, 2.05) is 28.9 Å². The molecule has 2 saturated heterocycles. The van der Waals surface area contributed by atoms with E-state index in [9.17, 15) is 0 Å². The maximum absolute atomic E-state index is 5.59. The number of piperazine rings is 1. The van der Waals surface area contributed by atoms with Crippen molar-refractivity contribution in [3.05, 3.63) is 48.6 Å². The zero-order valence-electron chi connectivity index (χ0n) is 19.4. The monoisotopic (exact) mass is 459 g/mol. The third-order valence-electron chi connectivity index (χ3n) is 6.83. The highest BCUT2D eigenvalue weighted by Gasteiger charge is 2.25. The van der Waals surface area contributed by atoms with Gasteiger partial charge in [-0.25, -0.2) is 19.9 Å². The van der Waals surface area contributed by atoms with E-state index in [1.54, 1.807) is 18.7 Å². The third-order valence-corrected chi connectivity index (χ3v) is 6.83. The molecule has 4 aromatic heterocycles. The average Bonchev–Trinajstić information content (AvgIpc) is 3.57. The fourth-order valence-electron chi connectivity index (χ4n) is 4.75. The van der Waals surface area contributed by atoms with Crippen molar-refractivity contribution in [3.63, 3.8) is 0 Å². The molecule has 0 atom stereocenters. The minimum absolute atomic E-state index is 0.594. The van der Waals surface area contributed by atoms with E-state index < -0.39 is 0 Å². The van der Waals surface area contributed by atoms with E-state index in [0.29, 0.717) is 11.6 Å². The zero-order valence-corrected chi connectivity index (χ0v) is 19.4. The highest BCUT2D eigenvalue weighted by Crippen LogP contribution is 2.26. The highest BCUT2D eigenvalue weighted by atomic mass is 16.3. The van der Waals surface area contributed by atoms with Gasteiger partial charge in [0.2, 0.25) is 17.7 Å². The van der Waals surface area contributed by atoms with Gasteiger partial charge in [0.25, 0.3) is 0 Å². The molecule has 0 aromatic carbocycles. The Balaban J connectivity index is 1.26. The largest absolute Gasteiger partial charge is 0.461 e. The van der Waals surface area contributed by atoms with Crippen LogP contribution in [0.15, 0.2) is 47.5 Å².